The number of aromatic nitrogens is 3. The molecule has 1 saturated heterocycles. The molecule has 114 valence electrons. The van der Waals surface area contributed by atoms with E-state index in [0.29, 0.717) is 0 Å². The Hall–Kier alpha value is -1.49. The lowest BCUT2D eigenvalue weighted by atomic mass is 10.1. The summed E-state index contributed by atoms with van der Waals surface area (Å²) in [5.74, 6) is -0.122. The Morgan fingerprint density at radius 1 is 1.67 bits per heavy atom. The molecule has 1 unspecified atom stereocenters. The fraction of sp³-hybridized carbons (Fsp3) is 0.455. The summed E-state index contributed by atoms with van der Waals surface area (Å²) in [4.78, 5) is 18.0. The minimum atomic E-state index is -2.34. The number of halogens is 2. The zero-order chi connectivity index (χ0) is 15.4. The van der Waals surface area contributed by atoms with Gasteiger partial charge in [0.2, 0.25) is 10.5 Å². The molecular formula is C11H12BrFN4O4. The predicted octanol–water partition coefficient (Wildman–Crippen LogP) is -0.382. The highest BCUT2D eigenvalue weighted by molar-refractivity contribution is 9.10. The van der Waals surface area contributed by atoms with E-state index in [9.17, 15) is 14.3 Å². The molecule has 0 spiro atoms. The smallest absolute Gasteiger partial charge is 0.261 e. The summed E-state index contributed by atoms with van der Waals surface area (Å²) in [6.45, 7) is -0.551. The summed E-state index contributed by atoms with van der Waals surface area (Å²) in [6.07, 6.45) is -2.59. The van der Waals surface area contributed by atoms with Crippen LogP contribution in [0.4, 0.5) is 10.3 Å². The second-order valence-electron chi connectivity index (χ2n) is 4.74. The number of alkyl halides is 2. The van der Waals surface area contributed by atoms with Gasteiger partial charge in [0, 0.05) is 6.20 Å². The van der Waals surface area contributed by atoms with Gasteiger partial charge in [0.05, 0.1) is 12.0 Å². The van der Waals surface area contributed by atoms with E-state index in [4.69, 9.17) is 15.6 Å². The van der Waals surface area contributed by atoms with E-state index in [0.717, 1.165) is 0 Å². The van der Waals surface area contributed by atoms with Gasteiger partial charge < -0.3 is 25.3 Å². The second-order valence-corrected chi connectivity index (χ2v) is 5.96. The third-order valence-electron chi connectivity index (χ3n) is 3.41. The highest BCUT2D eigenvalue weighted by Gasteiger charge is 2.56. The number of rotatable bonds is 2. The molecule has 1 aliphatic rings. The van der Waals surface area contributed by atoms with Gasteiger partial charge in [-0.15, -0.1) is 0 Å². The van der Waals surface area contributed by atoms with Crippen molar-refractivity contribution in [2.75, 3.05) is 12.3 Å². The van der Waals surface area contributed by atoms with Crippen LogP contribution in [0.25, 0.3) is 11.0 Å². The average molecular weight is 363 g/mol. The van der Waals surface area contributed by atoms with E-state index in [1.165, 1.54) is 16.8 Å². The summed E-state index contributed by atoms with van der Waals surface area (Å²) in [6, 6.07) is 1.44. The molecule has 0 amide bonds. The molecule has 1 aliphatic heterocycles. The van der Waals surface area contributed by atoms with Gasteiger partial charge in [-0.25, -0.2) is 4.39 Å². The molecule has 3 heterocycles. The maximum absolute atomic E-state index is 14.7. The SMILES string of the molecule is Nc1nc2c(ccn2[C@@H]2O[C@H](CO)C(O)[C@]2(F)Br)c(=O)[nH]1. The van der Waals surface area contributed by atoms with Crippen molar-refractivity contribution in [1.29, 1.82) is 0 Å². The van der Waals surface area contributed by atoms with Gasteiger partial charge in [-0.1, -0.05) is 0 Å². The van der Waals surface area contributed by atoms with E-state index in [-0.39, 0.29) is 17.0 Å². The summed E-state index contributed by atoms with van der Waals surface area (Å²) < 4.78 is 18.9. The first-order valence-electron chi connectivity index (χ1n) is 6.04. The third kappa shape index (κ3) is 2.06. The van der Waals surface area contributed by atoms with Gasteiger partial charge in [-0.3, -0.25) is 9.78 Å². The van der Waals surface area contributed by atoms with Crippen molar-refractivity contribution in [3.8, 4) is 0 Å². The molecule has 2 aromatic rings. The van der Waals surface area contributed by atoms with Crippen molar-refractivity contribution in [3.05, 3.63) is 22.6 Å². The number of H-pyrrole nitrogens is 1. The van der Waals surface area contributed by atoms with E-state index in [2.05, 4.69) is 25.9 Å². The molecule has 21 heavy (non-hydrogen) atoms. The van der Waals surface area contributed by atoms with Gasteiger partial charge in [0.15, 0.2) is 11.9 Å². The maximum Gasteiger partial charge on any atom is 0.261 e. The Bertz CT molecular complexity index is 745. The zero-order valence-corrected chi connectivity index (χ0v) is 12.1. The molecule has 0 aromatic carbocycles. The van der Waals surface area contributed by atoms with Crippen LogP contribution in [0.15, 0.2) is 17.1 Å². The molecule has 0 aliphatic carbocycles. The van der Waals surface area contributed by atoms with Crippen LogP contribution in [-0.2, 0) is 4.74 Å². The van der Waals surface area contributed by atoms with Gasteiger partial charge in [0.1, 0.15) is 12.2 Å². The van der Waals surface area contributed by atoms with Crippen LogP contribution >= 0.6 is 15.9 Å². The first kappa shape index (κ1) is 14.4. The van der Waals surface area contributed by atoms with Crippen LogP contribution in [0.3, 0.4) is 0 Å². The third-order valence-corrected chi connectivity index (χ3v) is 4.27. The lowest BCUT2D eigenvalue weighted by Crippen LogP contribution is -2.37. The quantitative estimate of drug-likeness (QED) is 0.539. The average Bonchev–Trinajstić information content (AvgIpc) is 2.91. The van der Waals surface area contributed by atoms with Crippen LogP contribution in [0, 0.1) is 0 Å². The van der Waals surface area contributed by atoms with Crippen molar-refractivity contribution in [3.63, 3.8) is 0 Å². The fourth-order valence-corrected chi connectivity index (χ4v) is 2.99. The highest BCUT2D eigenvalue weighted by Crippen LogP contribution is 2.46. The number of anilines is 1. The number of nitrogens with zero attached hydrogens (tertiary/aromatic N) is 2. The minimum absolute atomic E-state index is 0.119. The van der Waals surface area contributed by atoms with Crippen molar-refractivity contribution < 1.29 is 19.3 Å². The lowest BCUT2D eigenvalue weighted by molar-refractivity contribution is -0.0470. The number of aromatic amines is 1. The summed E-state index contributed by atoms with van der Waals surface area (Å²) >= 11 is 2.78. The number of hydrogen-bond acceptors (Lipinski definition) is 6. The Morgan fingerprint density at radius 2 is 2.38 bits per heavy atom. The molecule has 0 saturated carbocycles. The monoisotopic (exact) mass is 362 g/mol. The van der Waals surface area contributed by atoms with Crippen molar-refractivity contribution in [2.45, 2.75) is 23.0 Å². The maximum atomic E-state index is 14.7. The number of ether oxygens (including phenoxy) is 1. The highest BCUT2D eigenvalue weighted by atomic mass is 79.9. The number of aliphatic hydroxyl groups is 2. The number of hydrogen-bond donors (Lipinski definition) is 4. The number of nitrogen functional groups attached to an aromatic ring is 1. The molecular weight excluding hydrogens is 351 g/mol. The first-order valence-corrected chi connectivity index (χ1v) is 6.84. The normalized spacial score (nSPS) is 32.9. The molecule has 1 fully saturated rings. The van der Waals surface area contributed by atoms with E-state index >= 15 is 0 Å². The van der Waals surface area contributed by atoms with Crippen LogP contribution in [-0.4, -0.2) is 48.1 Å². The van der Waals surface area contributed by atoms with Crippen LogP contribution in [0.1, 0.15) is 6.23 Å². The van der Waals surface area contributed by atoms with Gasteiger partial charge in [0.25, 0.3) is 5.56 Å². The largest absolute Gasteiger partial charge is 0.394 e. The summed E-state index contributed by atoms with van der Waals surface area (Å²) in [5.41, 5.74) is 5.14. The summed E-state index contributed by atoms with van der Waals surface area (Å²) in [5, 5.41) is 19.2. The van der Waals surface area contributed by atoms with Crippen LogP contribution < -0.4 is 11.3 Å². The minimum Gasteiger partial charge on any atom is -0.394 e. The van der Waals surface area contributed by atoms with Crippen LogP contribution in [0.5, 0.6) is 0 Å². The standard InChI is InChI=1S/C11H12BrFN4O4/c12-11(13)6(19)5(3-18)21-9(11)17-2-1-4-7(17)15-10(14)16-8(4)20/h1-2,5-6,9,18-19H,3H2,(H3,14,15,16,20)/t5-,6?,9-,11-/m1/s1. The number of fused-ring (bicyclic) bond motifs is 1. The van der Waals surface area contributed by atoms with E-state index < -0.39 is 35.2 Å². The number of nitrogens with one attached hydrogen (secondary N) is 1. The molecule has 4 atom stereocenters. The number of aliphatic hydroxyl groups excluding tert-OH is 2. The van der Waals surface area contributed by atoms with Crippen molar-refractivity contribution in [2.24, 2.45) is 0 Å². The second kappa shape index (κ2) is 4.77. The Balaban J connectivity index is 2.15. The van der Waals surface area contributed by atoms with Gasteiger partial charge in [-0.05, 0) is 22.0 Å². The molecule has 2 aromatic heterocycles. The first-order chi connectivity index (χ1) is 9.86. The number of nitrogens with two attached hydrogens (primary N) is 1. The van der Waals surface area contributed by atoms with E-state index in [1.807, 2.05) is 0 Å². The fourth-order valence-electron chi connectivity index (χ4n) is 2.37. The zero-order valence-electron chi connectivity index (χ0n) is 10.5. The molecule has 0 radical (unpaired) electrons. The summed E-state index contributed by atoms with van der Waals surface area (Å²) in [7, 11) is 0. The van der Waals surface area contributed by atoms with Gasteiger partial charge in [-0.2, -0.15) is 4.98 Å². The lowest BCUT2D eigenvalue weighted by Gasteiger charge is -2.23. The Kier molecular flexibility index (Phi) is 3.28. The molecule has 0 bridgehead atoms. The Morgan fingerprint density at radius 3 is 3.00 bits per heavy atom. The topological polar surface area (TPSA) is 126 Å². The van der Waals surface area contributed by atoms with Crippen molar-refractivity contribution >= 4 is 32.9 Å². The molecule has 8 nitrogen and oxygen atoms in total. The molecule has 10 heteroatoms. The van der Waals surface area contributed by atoms with Crippen LogP contribution in [0.2, 0.25) is 0 Å². The molecule has 3 rings (SSSR count). The van der Waals surface area contributed by atoms with E-state index in [1.54, 1.807) is 0 Å². The van der Waals surface area contributed by atoms with Crippen molar-refractivity contribution in [1.82, 2.24) is 14.5 Å². The van der Waals surface area contributed by atoms with Gasteiger partial charge >= 0.3 is 0 Å². The predicted molar refractivity (Wildman–Crippen MR) is 74.5 cm³/mol. The Labute approximate surface area is 125 Å². The molecule has 5 N–H and O–H groups in total.